The second-order valence-electron chi connectivity index (χ2n) is 6.33. The van der Waals surface area contributed by atoms with E-state index in [-0.39, 0.29) is 12.1 Å². The fraction of sp³-hybridized carbons (Fsp3) is 0.278. The van der Waals surface area contributed by atoms with Gasteiger partial charge in [0.1, 0.15) is 17.7 Å². The van der Waals surface area contributed by atoms with Gasteiger partial charge in [-0.15, -0.1) is 0 Å². The molecule has 0 bridgehead atoms. The summed E-state index contributed by atoms with van der Waals surface area (Å²) in [5.74, 6) is -1.94. The summed E-state index contributed by atoms with van der Waals surface area (Å²) in [4.78, 5) is 35.6. The Kier molecular flexibility index (Phi) is 4.87. The first-order chi connectivity index (χ1) is 11.2. The molecule has 126 valence electrons. The standard InChI is InChI=1S/C18H19NO5/c1-18(2,3)24-15(20)11-19-10-13(12-7-5-4-6-8-12)9-14(16(19)21)17(22)23/h4-10H,11H2,1-3H3,(H,22,23). The third-order valence-corrected chi connectivity index (χ3v) is 3.14. The normalized spacial score (nSPS) is 11.1. The lowest BCUT2D eigenvalue weighted by Gasteiger charge is -2.20. The zero-order chi connectivity index (χ0) is 17.9. The first-order valence-electron chi connectivity index (χ1n) is 7.42. The van der Waals surface area contributed by atoms with Crippen molar-refractivity contribution in [3.05, 3.63) is 58.5 Å². The third kappa shape index (κ3) is 4.32. The average Bonchev–Trinajstić information content (AvgIpc) is 2.48. The van der Waals surface area contributed by atoms with Crippen molar-refractivity contribution in [3.63, 3.8) is 0 Å². The van der Waals surface area contributed by atoms with Gasteiger partial charge in [-0.1, -0.05) is 30.3 Å². The van der Waals surface area contributed by atoms with Crippen molar-refractivity contribution in [2.75, 3.05) is 0 Å². The topological polar surface area (TPSA) is 85.6 Å². The Labute approximate surface area is 139 Å². The molecule has 0 amide bonds. The number of hydrogen-bond donors (Lipinski definition) is 1. The molecule has 1 N–H and O–H groups in total. The summed E-state index contributed by atoms with van der Waals surface area (Å²) >= 11 is 0. The number of carbonyl (C=O) groups is 2. The van der Waals surface area contributed by atoms with Crippen molar-refractivity contribution in [2.24, 2.45) is 0 Å². The SMILES string of the molecule is CC(C)(C)OC(=O)Cn1cc(-c2ccccc2)cc(C(=O)O)c1=O. The predicted octanol–water partition coefficient (Wildman–Crippen LogP) is 2.56. The van der Waals surface area contributed by atoms with Crippen LogP contribution in [0.15, 0.2) is 47.4 Å². The number of esters is 1. The Balaban J connectivity index is 2.47. The highest BCUT2D eigenvalue weighted by molar-refractivity contribution is 5.89. The van der Waals surface area contributed by atoms with Gasteiger partial charge < -0.3 is 14.4 Å². The largest absolute Gasteiger partial charge is 0.477 e. The molecule has 0 atom stereocenters. The van der Waals surface area contributed by atoms with E-state index < -0.39 is 23.1 Å². The molecule has 1 aromatic carbocycles. The number of aromatic carboxylic acids is 1. The average molecular weight is 329 g/mol. The minimum Gasteiger partial charge on any atom is -0.477 e. The summed E-state index contributed by atoms with van der Waals surface area (Å²) in [6.07, 6.45) is 1.47. The molecule has 1 aromatic heterocycles. The van der Waals surface area contributed by atoms with E-state index in [1.165, 1.54) is 12.3 Å². The molecule has 0 aliphatic carbocycles. The van der Waals surface area contributed by atoms with Gasteiger partial charge in [-0.3, -0.25) is 9.59 Å². The van der Waals surface area contributed by atoms with Crippen molar-refractivity contribution >= 4 is 11.9 Å². The van der Waals surface area contributed by atoms with Crippen LogP contribution in [0.1, 0.15) is 31.1 Å². The number of hydrogen-bond acceptors (Lipinski definition) is 4. The lowest BCUT2D eigenvalue weighted by Crippen LogP contribution is -2.32. The van der Waals surface area contributed by atoms with Crippen molar-refractivity contribution in [3.8, 4) is 11.1 Å². The van der Waals surface area contributed by atoms with Crippen LogP contribution in [0.25, 0.3) is 11.1 Å². The molecule has 0 saturated heterocycles. The molecule has 6 heteroatoms. The molecule has 0 radical (unpaired) electrons. The second kappa shape index (κ2) is 6.70. The molecule has 0 aliphatic heterocycles. The van der Waals surface area contributed by atoms with Gasteiger partial charge >= 0.3 is 11.9 Å². The highest BCUT2D eigenvalue weighted by Gasteiger charge is 2.19. The van der Waals surface area contributed by atoms with E-state index in [1.54, 1.807) is 45.0 Å². The number of aromatic nitrogens is 1. The Bertz CT molecular complexity index is 816. The summed E-state index contributed by atoms with van der Waals surface area (Å²) in [6.45, 7) is 4.81. The number of ether oxygens (including phenoxy) is 1. The third-order valence-electron chi connectivity index (χ3n) is 3.14. The van der Waals surface area contributed by atoms with Crippen LogP contribution in [-0.2, 0) is 16.1 Å². The van der Waals surface area contributed by atoms with E-state index in [4.69, 9.17) is 4.74 Å². The molecule has 6 nitrogen and oxygen atoms in total. The molecule has 0 saturated carbocycles. The van der Waals surface area contributed by atoms with E-state index in [2.05, 4.69) is 0 Å². The Hall–Kier alpha value is -2.89. The monoisotopic (exact) mass is 329 g/mol. The second-order valence-corrected chi connectivity index (χ2v) is 6.33. The van der Waals surface area contributed by atoms with Gasteiger partial charge in [0.2, 0.25) is 0 Å². The number of nitrogens with zero attached hydrogens (tertiary/aromatic N) is 1. The predicted molar refractivity (Wildman–Crippen MR) is 88.9 cm³/mol. The van der Waals surface area contributed by atoms with Gasteiger partial charge in [-0.25, -0.2) is 4.79 Å². The van der Waals surface area contributed by atoms with Crippen molar-refractivity contribution < 1.29 is 19.4 Å². The number of pyridine rings is 1. The van der Waals surface area contributed by atoms with Gasteiger partial charge in [-0.05, 0) is 38.0 Å². The molecule has 0 spiro atoms. The van der Waals surface area contributed by atoms with Gasteiger partial charge in [0.15, 0.2) is 0 Å². The van der Waals surface area contributed by atoms with Crippen molar-refractivity contribution in [1.82, 2.24) is 4.57 Å². The molecular formula is C18H19NO5. The molecule has 0 unspecified atom stereocenters. The van der Waals surface area contributed by atoms with Crippen LogP contribution in [0, 0.1) is 0 Å². The molecule has 1 heterocycles. The maximum absolute atomic E-state index is 12.3. The van der Waals surface area contributed by atoms with Gasteiger partial charge in [0, 0.05) is 6.20 Å². The summed E-state index contributed by atoms with van der Waals surface area (Å²) < 4.78 is 6.27. The zero-order valence-electron chi connectivity index (χ0n) is 13.8. The Morgan fingerprint density at radius 3 is 2.29 bits per heavy atom. The highest BCUT2D eigenvalue weighted by atomic mass is 16.6. The minimum absolute atomic E-state index is 0.350. The van der Waals surface area contributed by atoms with E-state index in [0.29, 0.717) is 5.56 Å². The van der Waals surface area contributed by atoms with Crippen LogP contribution in [0.4, 0.5) is 0 Å². The fourth-order valence-corrected chi connectivity index (χ4v) is 2.21. The number of rotatable bonds is 4. The van der Waals surface area contributed by atoms with Crippen molar-refractivity contribution in [2.45, 2.75) is 32.9 Å². The number of carboxylic acid groups (broad SMARTS) is 1. The van der Waals surface area contributed by atoms with Crippen LogP contribution in [0.5, 0.6) is 0 Å². The van der Waals surface area contributed by atoms with Gasteiger partial charge in [0.25, 0.3) is 5.56 Å². The quantitative estimate of drug-likeness (QED) is 0.871. The first kappa shape index (κ1) is 17.5. The lowest BCUT2D eigenvalue weighted by molar-refractivity contribution is -0.155. The van der Waals surface area contributed by atoms with Crippen LogP contribution >= 0.6 is 0 Å². The van der Waals surface area contributed by atoms with E-state index in [1.807, 2.05) is 6.07 Å². The summed E-state index contributed by atoms with van der Waals surface area (Å²) in [6, 6.07) is 10.3. The molecule has 2 rings (SSSR count). The van der Waals surface area contributed by atoms with Gasteiger partial charge in [-0.2, -0.15) is 0 Å². The number of carbonyl (C=O) groups excluding carboxylic acids is 1. The Morgan fingerprint density at radius 2 is 1.75 bits per heavy atom. The van der Waals surface area contributed by atoms with Crippen molar-refractivity contribution in [1.29, 1.82) is 0 Å². The molecule has 24 heavy (non-hydrogen) atoms. The molecular weight excluding hydrogens is 310 g/mol. The maximum Gasteiger partial charge on any atom is 0.341 e. The molecule has 0 fully saturated rings. The maximum atomic E-state index is 12.3. The van der Waals surface area contributed by atoms with Crippen LogP contribution in [0.2, 0.25) is 0 Å². The Morgan fingerprint density at radius 1 is 1.12 bits per heavy atom. The minimum atomic E-state index is -1.34. The smallest absolute Gasteiger partial charge is 0.341 e. The first-order valence-corrected chi connectivity index (χ1v) is 7.42. The van der Waals surface area contributed by atoms with E-state index in [9.17, 15) is 19.5 Å². The fourth-order valence-electron chi connectivity index (χ4n) is 2.21. The number of carboxylic acids is 1. The number of benzene rings is 1. The summed E-state index contributed by atoms with van der Waals surface area (Å²) in [7, 11) is 0. The summed E-state index contributed by atoms with van der Waals surface area (Å²) in [5, 5.41) is 9.25. The van der Waals surface area contributed by atoms with Gasteiger partial charge in [0.05, 0.1) is 0 Å². The van der Waals surface area contributed by atoms with E-state index >= 15 is 0 Å². The van der Waals surface area contributed by atoms with Crippen LogP contribution < -0.4 is 5.56 Å². The highest BCUT2D eigenvalue weighted by Crippen LogP contribution is 2.19. The van der Waals surface area contributed by atoms with Crippen LogP contribution in [-0.4, -0.2) is 27.2 Å². The van der Waals surface area contributed by atoms with E-state index in [0.717, 1.165) is 10.1 Å². The van der Waals surface area contributed by atoms with Crippen LogP contribution in [0.3, 0.4) is 0 Å². The lowest BCUT2D eigenvalue weighted by atomic mass is 10.1. The molecule has 2 aromatic rings. The summed E-state index contributed by atoms with van der Waals surface area (Å²) in [5.41, 5.74) is -0.532. The zero-order valence-corrected chi connectivity index (χ0v) is 13.8. The molecule has 0 aliphatic rings.